The fraction of sp³-hybridized carbons (Fsp3) is 0.0303. The monoisotopic (exact) mass is 535 g/mol. The van der Waals surface area contributed by atoms with Crippen LogP contribution in [0, 0.1) is 0 Å². The third kappa shape index (κ3) is 5.38. The lowest BCUT2D eigenvalue weighted by Gasteiger charge is -2.27. The largest absolute Gasteiger partial charge is 0.116 e. The second-order valence-electron chi connectivity index (χ2n) is 8.35. The molecule has 35 heavy (non-hydrogen) atoms. The van der Waals surface area contributed by atoms with Crippen LogP contribution in [0.1, 0.15) is 11.1 Å². The summed E-state index contributed by atoms with van der Waals surface area (Å²) in [7, 11) is -1.92. The lowest BCUT2D eigenvalue weighted by atomic mass is 9.98. The third-order valence-electron chi connectivity index (χ3n) is 6.33. The number of hydrogen-bond donors (Lipinski definition) is 0. The molecule has 0 spiro atoms. The summed E-state index contributed by atoms with van der Waals surface area (Å²) in [6.07, 6.45) is 3.43. The van der Waals surface area contributed by atoms with Crippen molar-refractivity contribution in [1.82, 2.24) is 0 Å². The molecule has 0 radical (unpaired) electrons. The van der Waals surface area contributed by atoms with Gasteiger partial charge in [0.25, 0.3) is 0 Å². The van der Waals surface area contributed by atoms with E-state index in [2.05, 4.69) is 158 Å². The van der Waals surface area contributed by atoms with E-state index in [9.17, 15) is 0 Å². The SMILES string of the molecule is Br.C(C[P+](c1ccccc1)(c1ccccc1)c1ccccc1)=C(c1ccccc1)c1ccccc1. The standard InChI is InChI=1S/C33H28P.BrH/c1-6-16-28(17-7-1)33(29-18-8-2-9-19-29)26-27-34(30-20-10-3-11-21-30,31-22-12-4-13-23-31)32-24-14-5-15-25-32;/h1-26H,27H2;1H/q+1;. The summed E-state index contributed by atoms with van der Waals surface area (Å²) in [5.41, 5.74) is 3.79. The van der Waals surface area contributed by atoms with Gasteiger partial charge in [0.1, 0.15) is 23.2 Å². The van der Waals surface area contributed by atoms with Crippen LogP contribution in [0.3, 0.4) is 0 Å². The second kappa shape index (κ2) is 11.9. The van der Waals surface area contributed by atoms with Crippen molar-refractivity contribution in [1.29, 1.82) is 0 Å². The van der Waals surface area contributed by atoms with Gasteiger partial charge in [0.2, 0.25) is 0 Å². The molecule has 0 saturated carbocycles. The highest BCUT2D eigenvalue weighted by Gasteiger charge is 2.44. The average Bonchev–Trinajstić information content (AvgIpc) is 2.94. The molecule has 0 fully saturated rings. The van der Waals surface area contributed by atoms with Crippen molar-refractivity contribution in [3.63, 3.8) is 0 Å². The van der Waals surface area contributed by atoms with Gasteiger partial charge in [-0.25, -0.2) is 0 Å². The molecule has 5 rings (SSSR count). The fourth-order valence-corrected chi connectivity index (χ4v) is 8.70. The Morgan fingerprint density at radius 2 is 0.714 bits per heavy atom. The first-order valence-electron chi connectivity index (χ1n) is 11.7. The highest BCUT2D eigenvalue weighted by atomic mass is 79.9. The first-order valence-corrected chi connectivity index (χ1v) is 13.7. The van der Waals surface area contributed by atoms with Crippen molar-refractivity contribution in [3.05, 3.63) is 169 Å². The second-order valence-corrected chi connectivity index (χ2v) is 11.9. The molecular weight excluding hydrogens is 507 g/mol. The van der Waals surface area contributed by atoms with Crippen molar-refractivity contribution in [2.75, 3.05) is 6.16 Å². The van der Waals surface area contributed by atoms with Gasteiger partial charge in [-0.1, -0.05) is 115 Å². The Balaban J connectivity index is 0.00000289. The van der Waals surface area contributed by atoms with Gasteiger partial charge in [-0.05, 0) is 59.2 Å². The minimum atomic E-state index is -1.92. The molecule has 172 valence electrons. The summed E-state index contributed by atoms with van der Waals surface area (Å²) in [5, 5.41) is 4.22. The molecule has 0 aliphatic rings. The molecule has 0 aliphatic carbocycles. The zero-order valence-corrected chi connectivity index (χ0v) is 22.2. The first kappa shape index (κ1) is 24.9. The number of benzene rings is 5. The lowest BCUT2D eigenvalue weighted by molar-refractivity contribution is 1.52. The predicted molar refractivity (Wildman–Crippen MR) is 160 cm³/mol. The van der Waals surface area contributed by atoms with E-state index >= 15 is 0 Å². The van der Waals surface area contributed by atoms with Gasteiger partial charge in [0, 0.05) is 0 Å². The summed E-state index contributed by atoms with van der Waals surface area (Å²) in [5.74, 6) is 0. The van der Waals surface area contributed by atoms with Crippen molar-refractivity contribution in [2.24, 2.45) is 0 Å². The minimum Gasteiger partial charge on any atom is -0.114 e. The molecule has 0 aliphatic heterocycles. The first-order chi connectivity index (χ1) is 16.9. The van der Waals surface area contributed by atoms with Gasteiger partial charge >= 0.3 is 0 Å². The van der Waals surface area contributed by atoms with Crippen molar-refractivity contribution in [3.8, 4) is 0 Å². The van der Waals surface area contributed by atoms with E-state index in [1.54, 1.807) is 0 Å². The number of allylic oxidation sites excluding steroid dienone is 1. The van der Waals surface area contributed by atoms with Gasteiger partial charge in [-0.15, -0.1) is 17.0 Å². The molecule has 5 aromatic rings. The van der Waals surface area contributed by atoms with Crippen LogP contribution in [0.5, 0.6) is 0 Å². The van der Waals surface area contributed by atoms with Crippen LogP contribution in [0.4, 0.5) is 0 Å². The summed E-state index contributed by atoms with van der Waals surface area (Å²) >= 11 is 0. The number of hydrogen-bond acceptors (Lipinski definition) is 0. The third-order valence-corrected chi connectivity index (χ3v) is 10.6. The van der Waals surface area contributed by atoms with E-state index < -0.39 is 7.26 Å². The van der Waals surface area contributed by atoms with Crippen LogP contribution < -0.4 is 15.9 Å². The van der Waals surface area contributed by atoms with Crippen LogP contribution >= 0.6 is 24.2 Å². The predicted octanol–water partition coefficient (Wildman–Crippen LogP) is 7.69. The minimum absolute atomic E-state index is 0. The van der Waals surface area contributed by atoms with Crippen LogP contribution in [0.15, 0.2) is 158 Å². The summed E-state index contributed by atoms with van der Waals surface area (Å²) in [6, 6.07) is 54.8. The number of rotatable bonds is 7. The van der Waals surface area contributed by atoms with Crippen molar-refractivity contribution < 1.29 is 0 Å². The van der Waals surface area contributed by atoms with Crippen LogP contribution in [0.2, 0.25) is 0 Å². The average molecular weight is 536 g/mol. The van der Waals surface area contributed by atoms with E-state index in [1.165, 1.54) is 32.6 Å². The lowest BCUT2D eigenvalue weighted by Crippen LogP contribution is -2.33. The molecule has 0 saturated heterocycles. The molecule has 0 unspecified atom stereocenters. The Morgan fingerprint density at radius 1 is 0.429 bits per heavy atom. The molecule has 0 N–H and O–H groups in total. The fourth-order valence-electron chi connectivity index (χ4n) is 4.68. The van der Waals surface area contributed by atoms with Gasteiger partial charge in [0.05, 0.1) is 6.16 Å². The Bertz CT molecular complexity index is 1200. The molecule has 0 atom stereocenters. The Hall–Kier alpha value is -3.25. The Kier molecular flexibility index (Phi) is 8.48. The van der Waals surface area contributed by atoms with Crippen LogP contribution in [0.25, 0.3) is 5.57 Å². The molecule has 0 amide bonds. The molecule has 2 heteroatoms. The quantitative estimate of drug-likeness (QED) is 0.187. The van der Waals surface area contributed by atoms with Crippen molar-refractivity contribution in [2.45, 2.75) is 0 Å². The topological polar surface area (TPSA) is 0 Å². The summed E-state index contributed by atoms with van der Waals surface area (Å²) in [4.78, 5) is 0. The molecule has 0 nitrogen and oxygen atoms in total. The van der Waals surface area contributed by atoms with E-state index in [4.69, 9.17) is 0 Å². The zero-order valence-electron chi connectivity index (χ0n) is 19.6. The molecule has 0 heterocycles. The van der Waals surface area contributed by atoms with Gasteiger partial charge in [0.15, 0.2) is 0 Å². The van der Waals surface area contributed by atoms with Crippen molar-refractivity contribution >= 4 is 45.7 Å². The zero-order chi connectivity index (χ0) is 23.1. The number of halogens is 1. The molecular formula is C33H29BrP+. The van der Waals surface area contributed by atoms with E-state index in [0.717, 1.165) is 6.16 Å². The van der Waals surface area contributed by atoms with E-state index in [1.807, 2.05) is 0 Å². The van der Waals surface area contributed by atoms with Crippen LogP contribution in [-0.2, 0) is 0 Å². The molecule has 5 aromatic carbocycles. The maximum atomic E-state index is 2.48. The summed E-state index contributed by atoms with van der Waals surface area (Å²) in [6.45, 7) is 0. The highest BCUT2D eigenvalue weighted by Crippen LogP contribution is 2.55. The van der Waals surface area contributed by atoms with Crippen LogP contribution in [-0.4, -0.2) is 6.16 Å². The maximum Gasteiger partial charge on any atom is 0.116 e. The normalized spacial score (nSPS) is 10.7. The van der Waals surface area contributed by atoms with Gasteiger partial charge in [-0.2, -0.15) is 0 Å². The molecule has 0 aromatic heterocycles. The molecule has 0 bridgehead atoms. The Labute approximate surface area is 220 Å². The van der Waals surface area contributed by atoms with Gasteiger partial charge in [-0.3, -0.25) is 0 Å². The smallest absolute Gasteiger partial charge is 0.114 e. The van der Waals surface area contributed by atoms with E-state index in [0.29, 0.717) is 0 Å². The maximum absolute atomic E-state index is 2.48. The van der Waals surface area contributed by atoms with Gasteiger partial charge < -0.3 is 0 Å². The summed E-state index contributed by atoms with van der Waals surface area (Å²) < 4.78 is 0. The highest BCUT2D eigenvalue weighted by molar-refractivity contribution is 8.93. The van der Waals surface area contributed by atoms with E-state index in [-0.39, 0.29) is 17.0 Å². The Morgan fingerprint density at radius 3 is 1.03 bits per heavy atom.